The van der Waals surface area contributed by atoms with Gasteiger partial charge in [-0.15, -0.1) is 0 Å². The first-order valence-electron chi connectivity index (χ1n) is 6.22. The largest absolute Gasteiger partial charge is 0.435 e. The van der Waals surface area contributed by atoms with Crippen molar-refractivity contribution in [2.45, 2.75) is 20.8 Å². The van der Waals surface area contributed by atoms with Crippen molar-refractivity contribution in [1.29, 1.82) is 0 Å². The Labute approximate surface area is 117 Å². The summed E-state index contributed by atoms with van der Waals surface area (Å²) in [5.41, 5.74) is 2.77. The summed E-state index contributed by atoms with van der Waals surface area (Å²) in [6.07, 6.45) is 0. The van der Waals surface area contributed by atoms with E-state index in [4.69, 9.17) is 4.42 Å². The maximum absolute atomic E-state index is 12.1. The lowest BCUT2D eigenvalue weighted by Gasteiger charge is -2.07. The maximum atomic E-state index is 12.1. The minimum atomic E-state index is -0.352. The number of anilines is 2. The monoisotopic (exact) mass is 272 g/mol. The average Bonchev–Trinajstić information content (AvgIpc) is 2.81. The average molecular weight is 272 g/mol. The molecule has 0 saturated carbocycles. The van der Waals surface area contributed by atoms with E-state index in [0.717, 1.165) is 16.8 Å². The summed E-state index contributed by atoms with van der Waals surface area (Å²) < 4.78 is 5.25. The van der Waals surface area contributed by atoms with Crippen LogP contribution >= 0.6 is 0 Å². The van der Waals surface area contributed by atoms with Crippen molar-refractivity contribution >= 4 is 23.4 Å². The highest BCUT2D eigenvalue weighted by Crippen LogP contribution is 2.19. The summed E-state index contributed by atoms with van der Waals surface area (Å²) >= 11 is 0. The smallest absolute Gasteiger partial charge is 0.291 e. The molecule has 2 amide bonds. The molecule has 1 aromatic heterocycles. The zero-order valence-corrected chi connectivity index (χ0v) is 11.6. The standard InChI is InChI=1S/C15H16N2O3/c1-9-4-5-10(2)12(8-9)17-15(19)13-6-7-14(20-13)16-11(3)18/h4-8H,1-3H3,(H,16,18)(H,17,19). The van der Waals surface area contributed by atoms with Crippen molar-refractivity contribution in [2.24, 2.45) is 0 Å². The van der Waals surface area contributed by atoms with Gasteiger partial charge in [-0.3, -0.25) is 14.9 Å². The van der Waals surface area contributed by atoms with Gasteiger partial charge in [-0.05, 0) is 37.1 Å². The number of hydrogen-bond donors (Lipinski definition) is 2. The van der Waals surface area contributed by atoms with E-state index in [1.165, 1.54) is 13.0 Å². The van der Waals surface area contributed by atoms with Gasteiger partial charge in [-0.1, -0.05) is 12.1 Å². The summed E-state index contributed by atoms with van der Waals surface area (Å²) in [6, 6.07) is 8.87. The van der Waals surface area contributed by atoms with Crippen molar-refractivity contribution in [3.63, 3.8) is 0 Å². The van der Waals surface area contributed by atoms with Gasteiger partial charge in [-0.25, -0.2) is 0 Å². The molecule has 0 fully saturated rings. The van der Waals surface area contributed by atoms with Crippen LogP contribution in [0.2, 0.25) is 0 Å². The van der Waals surface area contributed by atoms with Crippen molar-refractivity contribution in [2.75, 3.05) is 10.6 Å². The third-order valence-corrected chi connectivity index (χ3v) is 2.77. The Bertz CT molecular complexity index is 659. The molecule has 104 valence electrons. The van der Waals surface area contributed by atoms with Crippen molar-refractivity contribution in [3.05, 3.63) is 47.2 Å². The fourth-order valence-electron chi connectivity index (χ4n) is 1.76. The van der Waals surface area contributed by atoms with E-state index in [2.05, 4.69) is 10.6 Å². The quantitative estimate of drug-likeness (QED) is 0.901. The third kappa shape index (κ3) is 3.26. The highest BCUT2D eigenvalue weighted by Gasteiger charge is 2.13. The van der Waals surface area contributed by atoms with Gasteiger partial charge in [0.25, 0.3) is 5.91 Å². The third-order valence-electron chi connectivity index (χ3n) is 2.77. The van der Waals surface area contributed by atoms with E-state index >= 15 is 0 Å². The minimum Gasteiger partial charge on any atom is -0.435 e. The second kappa shape index (κ2) is 5.61. The van der Waals surface area contributed by atoms with Crippen LogP contribution < -0.4 is 10.6 Å². The Hall–Kier alpha value is -2.56. The van der Waals surface area contributed by atoms with Crippen LogP contribution in [0.5, 0.6) is 0 Å². The molecule has 5 heteroatoms. The summed E-state index contributed by atoms with van der Waals surface area (Å²) in [7, 11) is 0. The number of amides is 2. The summed E-state index contributed by atoms with van der Waals surface area (Å²) in [4.78, 5) is 23.0. The molecule has 0 atom stereocenters. The van der Waals surface area contributed by atoms with Gasteiger partial charge >= 0.3 is 0 Å². The fraction of sp³-hybridized carbons (Fsp3) is 0.200. The van der Waals surface area contributed by atoms with Crippen LogP contribution in [-0.4, -0.2) is 11.8 Å². The van der Waals surface area contributed by atoms with Crippen LogP contribution in [0.1, 0.15) is 28.6 Å². The summed E-state index contributed by atoms with van der Waals surface area (Å²) in [5, 5.41) is 5.27. The van der Waals surface area contributed by atoms with Gasteiger partial charge in [0.2, 0.25) is 5.91 Å². The number of carbonyl (C=O) groups is 2. The van der Waals surface area contributed by atoms with Crippen molar-refractivity contribution in [1.82, 2.24) is 0 Å². The molecular weight excluding hydrogens is 256 g/mol. The number of furan rings is 1. The van der Waals surface area contributed by atoms with Gasteiger partial charge in [0.15, 0.2) is 11.6 Å². The molecule has 2 rings (SSSR count). The summed E-state index contributed by atoms with van der Waals surface area (Å²) in [6.45, 7) is 5.25. The number of rotatable bonds is 3. The molecule has 2 N–H and O–H groups in total. The van der Waals surface area contributed by atoms with E-state index in [-0.39, 0.29) is 23.5 Å². The van der Waals surface area contributed by atoms with E-state index < -0.39 is 0 Å². The summed E-state index contributed by atoms with van der Waals surface area (Å²) in [5.74, 6) is -0.200. The van der Waals surface area contributed by atoms with E-state index in [1.54, 1.807) is 6.07 Å². The Morgan fingerprint density at radius 1 is 1.05 bits per heavy atom. The highest BCUT2D eigenvalue weighted by molar-refractivity contribution is 6.03. The van der Waals surface area contributed by atoms with Gasteiger partial charge < -0.3 is 9.73 Å². The molecule has 0 spiro atoms. The number of benzene rings is 1. The molecule has 0 bridgehead atoms. The Kier molecular flexibility index (Phi) is 3.89. The highest BCUT2D eigenvalue weighted by atomic mass is 16.4. The second-order valence-electron chi connectivity index (χ2n) is 4.62. The zero-order chi connectivity index (χ0) is 14.7. The topological polar surface area (TPSA) is 71.3 Å². The predicted octanol–water partition coefficient (Wildman–Crippen LogP) is 3.11. The minimum absolute atomic E-state index is 0.148. The van der Waals surface area contributed by atoms with E-state index in [9.17, 15) is 9.59 Å². The van der Waals surface area contributed by atoms with Crippen LogP contribution in [0.3, 0.4) is 0 Å². The van der Waals surface area contributed by atoms with Crippen LogP contribution in [0.15, 0.2) is 34.7 Å². The number of carbonyl (C=O) groups excluding carboxylic acids is 2. The van der Waals surface area contributed by atoms with Gasteiger partial charge in [-0.2, -0.15) is 0 Å². The number of nitrogens with one attached hydrogen (secondary N) is 2. The fourth-order valence-corrected chi connectivity index (χ4v) is 1.76. The molecule has 0 aliphatic carbocycles. The van der Waals surface area contributed by atoms with Crippen molar-refractivity contribution in [3.8, 4) is 0 Å². The molecule has 0 saturated heterocycles. The number of aryl methyl sites for hydroxylation is 2. The molecule has 1 heterocycles. The molecular formula is C15H16N2O3. The first-order valence-corrected chi connectivity index (χ1v) is 6.22. The van der Waals surface area contributed by atoms with E-state index in [1.807, 2.05) is 32.0 Å². The normalized spacial score (nSPS) is 10.2. The van der Waals surface area contributed by atoms with Crippen molar-refractivity contribution < 1.29 is 14.0 Å². The molecule has 0 aliphatic heterocycles. The Morgan fingerprint density at radius 3 is 2.50 bits per heavy atom. The second-order valence-corrected chi connectivity index (χ2v) is 4.62. The lowest BCUT2D eigenvalue weighted by Crippen LogP contribution is -2.12. The molecule has 0 aliphatic rings. The predicted molar refractivity (Wildman–Crippen MR) is 76.9 cm³/mol. The Balaban J connectivity index is 2.13. The first kappa shape index (κ1) is 13.9. The molecule has 20 heavy (non-hydrogen) atoms. The number of hydrogen-bond acceptors (Lipinski definition) is 3. The zero-order valence-electron chi connectivity index (χ0n) is 11.6. The van der Waals surface area contributed by atoms with Crippen LogP contribution in [0.25, 0.3) is 0 Å². The van der Waals surface area contributed by atoms with Gasteiger partial charge in [0.05, 0.1) is 0 Å². The van der Waals surface area contributed by atoms with Gasteiger partial charge in [0, 0.05) is 18.7 Å². The first-order chi connectivity index (χ1) is 9.45. The molecule has 0 radical (unpaired) electrons. The maximum Gasteiger partial charge on any atom is 0.291 e. The lowest BCUT2D eigenvalue weighted by molar-refractivity contribution is -0.114. The molecule has 1 aromatic carbocycles. The van der Waals surface area contributed by atoms with Crippen LogP contribution in [0, 0.1) is 13.8 Å². The molecule has 5 nitrogen and oxygen atoms in total. The van der Waals surface area contributed by atoms with Crippen LogP contribution in [-0.2, 0) is 4.79 Å². The van der Waals surface area contributed by atoms with Crippen LogP contribution in [0.4, 0.5) is 11.6 Å². The van der Waals surface area contributed by atoms with Gasteiger partial charge in [0.1, 0.15) is 0 Å². The Morgan fingerprint density at radius 2 is 1.80 bits per heavy atom. The van der Waals surface area contributed by atoms with E-state index in [0.29, 0.717) is 0 Å². The molecule has 2 aromatic rings. The molecule has 0 unspecified atom stereocenters. The lowest BCUT2D eigenvalue weighted by atomic mass is 10.1. The SMILES string of the molecule is CC(=O)Nc1ccc(C(=O)Nc2cc(C)ccc2C)o1.